The van der Waals surface area contributed by atoms with Crippen molar-refractivity contribution in [2.45, 2.75) is 48.7 Å². The molecule has 0 unspecified atom stereocenters. The van der Waals surface area contributed by atoms with E-state index < -0.39 is 0 Å². The number of rotatable bonds is 6. The lowest BCUT2D eigenvalue weighted by atomic mass is 10.2. The Morgan fingerprint density at radius 3 is 2.56 bits per heavy atom. The van der Waals surface area contributed by atoms with E-state index in [1.807, 2.05) is 0 Å². The molecule has 2 N–H and O–H groups in total. The Morgan fingerprint density at radius 1 is 1.17 bits per heavy atom. The van der Waals surface area contributed by atoms with Crippen molar-refractivity contribution in [3.63, 3.8) is 0 Å². The van der Waals surface area contributed by atoms with Crippen molar-refractivity contribution in [1.82, 2.24) is 0 Å². The SMILES string of the molecule is NCCC/C=C/c1ccc(SC2CCCC2)cc1. The van der Waals surface area contributed by atoms with Crippen LogP contribution in [0.5, 0.6) is 0 Å². The van der Waals surface area contributed by atoms with E-state index in [1.54, 1.807) is 0 Å². The molecule has 1 aromatic rings. The Balaban J connectivity index is 1.82. The van der Waals surface area contributed by atoms with Gasteiger partial charge in [0.05, 0.1) is 0 Å². The Hall–Kier alpha value is -0.730. The molecule has 18 heavy (non-hydrogen) atoms. The smallest absolute Gasteiger partial charge is 0.00944 e. The first-order chi connectivity index (χ1) is 8.88. The summed E-state index contributed by atoms with van der Waals surface area (Å²) in [5, 5.41) is 0.857. The fraction of sp³-hybridized carbons (Fsp3) is 0.500. The predicted octanol–water partition coefficient (Wildman–Crippen LogP) is 4.47. The normalized spacial score (nSPS) is 16.7. The summed E-state index contributed by atoms with van der Waals surface area (Å²) < 4.78 is 0. The summed E-state index contributed by atoms with van der Waals surface area (Å²) in [6.07, 6.45) is 12.2. The van der Waals surface area contributed by atoms with E-state index in [0.29, 0.717) is 0 Å². The quantitative estimate of drug-likeness (QED) is 0.764. The molecule has 0 heterocycles. The molecule has 2 heteroatoms. The highest BCUT2D eigenvalue weighted by molar-refractivity contribution is 8.00. The zero-order valence-corrected chi connectivity index (χ0v) is 11.8. The van der Waals surface area contributed by atoms with Crippen molar-refractivity contribution >= 4 is 17.8 Å². The molecule has 0 aromatic heterocycles. The van der Waals surface area contributed by atoms with Crippen LogP contribution in [0.1, 0.15) is 44.1 Å². The standard InChI is InChI=1S/C16H23NS/c17-13-5-1-2-6-14-9-11-16(12-10-14)18-15-7-3-4-8-15/h2,6,9-12,15H,1,3-5,7-8,13,17H2/b6-2+. The van der Waals surface area contributed by atoms with Gasteiger partial charge < -0.3 is 5.73 Å². The van der Waals surface area contributed by atoms with Crippen LogP contribution >= 0.6 is 11.8 Å². The lowest BCUT2D eigenvalue weighted by Crippen LogP contribution is -1.96. The van der Waals surface area contributed by atoms with E-state index in [9.17, 15) is 0 Å². The highest BCUT2D eigenvalue weighted by atomic mass is 32.2. The van der Waals surface area contributed by atoms with Gasteiger partial charge in [-0.05, 0) is 49.9 Å². The monoisotopic (exact) mass is 261 g/mol. The van der Waals surface area contributed by atoms with Crippen LogP contribution in [0.2, 0.25) is 0 Å². The van der Waals surface area contributed by atoms with Crippen molar-refractivity contribution in [2.75, 3.05) is 6.54 Å². The number of nitrogens with two attached hydrogens (primary N) is 1. The van der Waals surface area contributed by atoms with Crippen LogP contribution in [-0.2, 0) is 0 Å². The van der Waals surface area contributed by atoms with Crippen molar-refractivity contribution in [1.29, 1.82) is 0 Å². The Bertz CT molecular complexity index is 363. The maximum atomic E-state index is 5.47. The maximum absolute atomic E-state index is 5.47. The molecule has 1 aliphatic rings. The molecule has 1 aliphatic carbocycles. The van der Waals surface area contributed by atoms with Crippen molar-refractivity contribution < 1.29 is 0 Å². The molecule has 0 saturated heterocycles. The average Bonchev–Trinajstić information content (AvgIpc) is 2.89. The first-order valence-electron chi connectivity index (χ1n) is 7.02. The van der Waals surface area contributed by atoms with E-state index in [-0.39, 0.29) is 0 Å². The lowest BCUT2D eigenvalue weighted by molar-refractivity contribution is 0.857. The Kier molecular flexibility index (Phi) is 5.82. The average molecular weight is 261 g/mol. The fourth-order valence-electron chi connectivity index (χ4n) is 2.31. The van der Waals surface area contributed by atoms with Crippen LogP contribution in [0.25, 0.3) is 6.08 Å². The van der Waals surface area contributed by atoms with Gasteiger partial charge in [0.25, 0.3) is 0 Å². The topological polar surface area (TPSA) is 26.0 Å². The summed E-state index contributed by atoms with van der Waals surface area (Å²) in [5.41, 5.74) is 6.76. The second-order valence-electron chi connectivity index (χ2n) is 4.93. The van der Waals surface area contributed by atoms with Crippen LogP contribution in [0.4, 0.5) is 0 Å². The summed E-state index contributed by atoms with van der Waals surface area (Å²) in [6.45, 7) is 0.779. The number of benzene rings is 1. The highest BCUT2D eigenvalue weighted by Gasteiger charge is 2.15. The summed E-state index contributed by atoms with van der Waals surface area (Å²) in [4.78, 5) is 1.42. The van der Waals surface area contributed by atoms with Gasteiger partial charge in [-0.25, -0.2) is 0 Å². The molecule has 0 amide bonds. The van der Waals surface area contributed by atoms with Gasteiger partial charge in [0.1, 0.15) is 0 Å². The van der Waals surface area contributed by atoms with Gasteiger partial charge in [-0.2, -0.15) is 0 Å². The molecule has 2 rings (SSSR count). The third kappa shape index (κ3) is 4.51. The molecule has 98 valence electrons. The number of hydrogen-bond donors (Lipinski definition) is 1. The number of allylic oxidation sites excluding steroid dienone is 1. The Morgan fingerprint density at radius 2 is 1.89 bits per heavy atom. The molecule has 0 aliphatic heterocycles. The maximum Gasteiger partial charge on any atom is 0.00944 e. The van der Waals surface area contributed by atoms with Crippen LogP contribution in [-0.4, -0.2) is 11.8 Å². The zero-order valence-electron chi connectivity index (χ0n) is 11.0. The van der Waals surface area contributed by atoms with Gasteiger partial charge in [0, 0.05) is 10.1 Å². The molecular formula is C16H23NS. The summed E-state index contributed by atoms with van der Waals surface area (Å²) in [6, 6.07) is 8.95. The fourth-order valence-corrected chi connectivity index (χ4v) is 3.56. The first-order valence-corrected chi connectivity index (χ1v) is 7.90. The van der Waals surface area contributed by atoms with Crippen LogP contribution in [0.15, 0.2) is 35.2 Å². The van der Waals surface area contributed by atoms with E-state index in [1.165, 1.54) is 36.1 Å². The molecule has 0 radical (unpaired) electrons. The molecule has 1 fully saturated rings. The van der Waals surface area contributed by atoms with E-state index in [0.717, 1.165) is 24.6 Å². The van der Waals surface area contributed by atoms with Gasteiger partial charge in [-0.1, -0.05) is 37.1 Å². The molecule has 0 atom stereocenters. The van der Waals surface area contributed by atoms with Crippen LogP contribution in [0, 0.1) is 0 Å². The number of unbranched alkanes of at least 4 members (excludes halogenated alkanes) is 1. The first kappa shape index (κ1) is 13.7. The molecular weight excluding hydrogens is 238 g/mol. The minimum absolute atomic E-state index is 0.779. The lowest BCUT2D eigenvalue weighted by Gasteiger charge is -2.08. The third-order valence-electron chi connectivity index (χ3n) is 3.37. The number of thioether (sulfide) groups is 1. The van der Waals surface area contributed by atoms with Gasteiger partial charge in [0.15, 0.2) is 0 Å². The van der Waals surface area contributed by atoms with Crippen molar-refractivity contribution in [2.24, 2.45) is 5.73 Å². The summed E-state index contributed by atoms with van der Waals surface area (Å²) >= 11 is 2.05. The summed E-state index contributed by atoms with van der Waals surface area (Å²) in [7, 11) is 0. The zero-order chi connectivity index (χ0) is 12.6. The van der Waals surface area contributed by atoms with E-state index >= 15 is 0 Å². The van der Waals surface area contributed by atoms with Crippen LogP contribution < -0.4 is 5.73 Å². The second-order valence-corrected chi connectivity index (χ2v) is 6.30. The molecule has 1 aromatic carbocycles. The molecule has 0 bridgehead atoms. The number of hydrogen-bond acceptors (Lipinski definition) is 2. The van der Waals surface area contributed by atoms with E-state index in [2.05, 4.69) is 48.2 Å². The van der Waals surface area contributed by atoms with Crippen molar-refractivity contribution in [3.05, 3.63) is 35.9 Å². The van der Waals surface area contributed by atoms with Crippen LogP contribution in [0.3, 0.4) is 0 Å². The molecule has 1 nitrogen and oxygen atoms in total. The molecule has 0 spiro atoms. The van der Waals surface area contributed by atoms with E-state index in [4.69, 9.17) is 5.73 Å². The van der Waals surface area contributed by atoms with Gasteiger partial charge in [-0.3, -0.25) is 0 Å². The largest absolute Gasteiger partial charge is 0.330 e. The third-order valence-corrected chi connectivity index (χ3v) is 4.72. The van der Waals surface area contributed by atoms with Gasteiger partial charge in [0.2, 0.25) is 0 Å². The van der Waals surface area contributed by atoms with Gasteiger partial charge in [-0.15, -0.1) is 11.8 Å². The predicted molar refractivity (Wildman–Crippen MR) is 81.9 cm³/mol. The molecule has 1 saturated carbocycles. The Labute approximate surface area is 115 Å². The second kappa shape index (κ2) is 7.65. The minimum Gasteiger partial charge on any atom is -0.330 e. The van der Waals surface area contributed by atoms with Crippen molar-refractivity contribution in [3.8, 4) is 0 Å². The van der Waals surface area contributed by atoms with Gasteiger partial charge >= 0.3 is 0 Å². The minimum atomic E-state index is 0.779. The summed E-state index contributed by atoms with van der Waals surface area (Å²) in [5.74, 6) is 0. The highest BCUT2D eigenvalue weighted by Crippen LogP contribution is 2.34.